The molecule has 1 aromatic carbocycles. The van der Waals surface area contributed by atoms with Crippen LogP contribution in [-0.4, -0.2) is 15.8 Å². The number of nitrogens with zero attached hydrogens (tertiary/aromatic N) is 2. The monoisotopic (exact) mass is 333 g/mol. The van der Waals surface area contributed by atoms with Crippen LogP contribution in [0.4, 0.5) is 11.4 Å². The molecule has 1 heterocycles. The van der Waals surface area contributed by atoms with Gasteiger partial charge in [0.25, 0.3) is 5.88 Å². The summed E-state index contributed by atoms with van der Waals surface area (Å²) >= 11 is 5.70. The lowest BCUT2D eigenvalue weighted by Crippen LogP contribution is -2.12. The molecule has 118 valence electrons. The van der Waals surface area contributed by atoms with E-state index in [1.807, 2.05) is 0 Å². The first-order valence-electron chi connectivity index (χ1n) is 6.91. The van der Waals surface area contributed by atoms with Crippen LogP contribution in [-0.2, 0) is 4.79 Å². The van der Waals surface area contributed by atoms with E-state index in [-0.39, 0.29) is 28.4 Å². The van der Waals surface area contributed by atoms with Crippen LogP contribution in [0.3, 0.4) is 0 Å². The largest absolute Gasteiger partial charge is 0.434 e. The van der Waals surface area contributed by atoms with Gasteiger partial charge in [-0.05, 0) is 37.1 Å². The number of rotatable bonds is 5. The number of halogens is 1. The van der Waals surface area contributed by atoms with Crippen molar-refractivity contribution in [2.75, 3.05) is 5.32 Å². The summed E-state index contributed by atoms with van der Waals surface area (Å²) < 4.78 is 5.42. The summed E-state index contributed by atoms with van der Waals surface area (Å²) in [4.78, 5) is 25.9. The molecule has 7 nitrogen and oxygen atoms in total. The summed E-state index contributed by atoms with van der Waals surface area (Å²) in [6.45, 7) is 0. The Kier molecular flexibility index (Phi) is 4.12. The number of hydrogen-bond donors (Lipinski definition) is 1. The molecule has 0 unspecified atom stereocenters. The SMILES string of the molecule is O=C(Nc1ccc(Oc2ncc(Cl)cc2[N+](=O)[O-])cc1)C1CC1. The van der Waals surface area contributed by atoms with Crippen molar-refractivity contribution >= 4 is 28.9 Å². The molecule has 0 bridgehead atoms. The van der Waals surface area contributed by atoms with Gasteiger partial charge in [0.2, 0.25) is 5.91 Å². The average Bonchev–Trinajstić information content (AvgIpc) is 3.35. The van der Waals surface area contributed by atoms with Crippen molar-refractivity contribution in [1.82, 2.24) is 4.98 Å². The molecule has 0 atom stereocenters. The Balaban J connectivity index is 1.73. The number of anilines is 1. The maximum absolute atomic E-state index is 11.7. The molecule has 8 heteroatoms. The number of amides is 1. The van der Waals surface area contributed by atoms with Gasteiger partial charge in [-0.3, -0.25) is 14.9 Å². The van der Waals surface area contributed by atoms with Crippen molar-refractivity contribution in [3.05, 3.63) is 51.7 Å². The highest BCUT2D eigenvalue weighted by molar-refractivity contribution is 6.30. The minimum Gasteiger partial charge on any atom is -0.434 e. The summed E-state index contributed by atoms with van der Waals surface area (Å²) in [6, 6.07) is 7.70. The van der Waals surface area contributed by atoms with Crippen molar-refractivity contribution in [3.8, 4) is 11.6 Å². The van der Waals surface area contributed by atoms with E-state index in [2.05, 4.69) is 10.3 Å². The number of aromatic nitrogens is 1. The van der Waals surface area contributed by atoms with Crippen LogP contribution in [0.5, 0.6) is 11.6 Å². The topological polar surface area (TPSA) is 94.4 Å². The van der Waals surface area contributed by atoms with E-state index in [0.717, 1.165) is 12.8 Å². The van der Waals surface area contributed by atoms with Gasteiger partial charge >= 0.3 is 5.69 Å². The second-order valence-corrected chi connectivity index (χ2v) is 5.56. The normalized spacial score (nSPS) is 13.4. The molecule has 2 aromatic rings. The van der Waals surface area contributed by atoms with Crippen LogP contribution < -0.4 is 10.1 Å². The third-order valence-electron chi connectivity index (χ3n) is 3.28. The zero-order valence-corrected chi connectivity index (χ0v) is 12.6. The van der Waals surface area contributed by atoms with Gasteiger partial charge in [0.15, 0.2) is 0 Å². The lowest BCUT2D eigenvalue weighted by atomic mass is 10.3. The molecule has 0 aliphatic heterocycles. The van der Waals surface area contributed by atoms with Crippen LogP contribution >= 0.6 is 11.6 Å². The van der Waals surface area contributed by atoms with Crippen molar-refractivity contribution in [1.29, 1.82) is 0 Å². The van der Waals surface area contributed by atoms with Gasteiger partial charge in [-0.1, -0.05) is 11.6 Å². The number of nitrogens with one attached hydrogen (secondary N) is 1. The Morgan fingerprint density at radius 3 is 2.65 bits per heavy atom. The van der Waals surface area contributed by atoms with Crippen molar-refractivity contribution in [3.63, 3.8) is 0 Å². The standard InChI is InChI=1S/C15H12ClN3O4/c16-10-7-13(19(21)22)15(17-8-10)23-12-5-3-11(4-6-12)18-14(20)9-1-2-9/h3-9H,1-2H2,(H,18,20). The van der Waals surface area contributed by atoms with E-state index in [9.17, 15) is 14.9 Å². The Morgan fingerprint density at radius 2 is 2.04 bits per heavy atom. The maximum atomic E-state index is 11.7. The third kappa shape index (κ3) is 3.75. The van der Waals surface area contributed by atoms with Crippen molar-refractivity contribution < 1.29 is 14.5 Å². The van der Waals surface area contributed by atoms with Gasteiger partial charge in [0.05, 0.1) is 16.1 Å². The average molecular weight is 334 g/mol. The fourth-order valence-electron chi connectivity index (χ4n) is 1.93. The summed E-state index contributed by atoms with van der Waals surface area (Å²) in [5.74, 6) is 0.349. The minimum atomic E-state index is -0.613. The Hall–Kier alpha value is -2.67. The van der Waals surface area contributed by atoms with E-state index in [4.69, 9.17) is 16.3 Å². The highest BCUT2D eigenvalue weighted by Crippen LogP contribution is 2.32. The van der Waals surface area contributed by atoms with Gasteiger partial charge in [0.1, 0.15) is 5.75 Å². The minimum absolute atomic E-state index is 0.00803. The van der Waals surface area contributed by atoms with Gasteiger partial charge < -0.3 is 10.1 Å². The molecular weight excluding hydrogens is 322 g/mol. The summed E-state index contributed by atoms with van der Waals surface area (Å²) in [6.07, 6.45) is 3.13. The number of ether oxygens (including phenoxy) is 1. The van der Waals surface area contributed by atoms with Gasteiger partial charge in [-0.2, -0.15) is 0 Å². The molecule has 1 fully saturated rings. The summed E-state index contributed by atoms with van der Waals surface area (Å²) in [7, 11) is 0. The fourth-order valence-corrected chi connectivity index (χ4v) is 2.09. The maximum Gasteiger partial charge on any atom is 0.332 e. The quantitative estimate of drug-likeness (QED) is 0.663. The number of carbonyl (C=O) groups is 1. The van der Waals surface area contributed by atoms with Gasteiger partial charge in [-0.15, -0.1) is 0 Å². The van der Waals surface area contributed by atoms with E-state index in [1.54, 1.807) is 24.3 Å². The van der Waals surface area contributed by atoms with Crippen LogP contribution in [0.2, 0.25) is 5.02 Å². The first-order chi connectivity index (χ1) is 11.0. The molecule has 1 saturated carbocycles. The zero-order chi connectivity index (χ0) is 16.4. The van der Waals surface area contributed by atoms with Crippen LogP contribution in [0, 0.1) is 16.0 Å². The second kappa shape index (κ2) is 6.21. The van der Waals surface area contributed by atoms with Crippen LogP contribution in [0.15, 0.2) is 36.5 Å². The summed E-state index contributed by atoms with van der Waals surface area (Å²) in [5, 5.41) is 13.9. The lowest BCUT2D eigenvalue weighted by molar-refractivity contribution is -0.386. The van der Waals surface area contributed by atoms with E-state index >= 15 is 0 Å². The van der Waals surface area contributed by atoms with Gasteiger partial charge in [0, 0.05) is 17.7 Å². The highest BCUT2D eigenvalue weighted by atomic mass is 35.5. The molecule has 0 saturated heterocycles. The molecule has 0 radical (unpaired) electrons. The van der Waals surface area contributed by atoms with Crippen molar-refractivity contribution in [2.24, 2.45) is 5.92 Å². The van der Waals surface area contributed by atoms with Crippen molar-refractivity contribution in [2.45, 2.75) is 12.8 Å². The zero-order valence-electron chi connectivity index (χ0n) is 11.9. The lowest BCUT2D eigenvalue weighted by Gasteiger charge is -2.07. The predicted octanol–water partition coefficient (Wildman–Crippen LogP) is 3.78. The smallest absolute Gasteiger partial charge is 0.332 e. The number of carbonyl (C=O) groups excluding carboxylic acids is 1. The fraction of sp³-hybridized carbons (Fsp3) is 0.200. The number of pyridine rings is 1. The number of benzene rings is 1. The Labute approximate surface area is 136 Å². The van der Waals surface area contributed by atoms with Gasteiger partial charge in [-0.25, -0.2) is 4.98 Å². The Morgan fingerprint density at radius 1 is 1.35 bits per heavy atom. The van der Waals surface area contributed by atoms with Crippen LogP contribution in [0.1, 0.15) is 12.8 Å². The highest BCUT2D eigenvalue weighted by Gasteiger charge is 2.29. The first kappa shape index (κ1) is 15.2. The van der Waals surface area contributed by atoms with Crippen LogP contribution in [0.25, 0.3) is 0 Å². The molecule has 1 N–H and O–H groups in total. The third-order valence-corrected chi connectivity index (χ3v) is 3.49. The number of hydrogen-bond acceptors (Lipinski definition) is 5. The van der Waals surface area contributed by atoms with E-state index < -0.39 is 4.92 Å². The molecule has 1 aliphatic carbocycles. The molecule has 1 aromatic heterocycles. The van der Waals surface area contributed by atoms with E-state index in [1.165, 1.54) is 12.3 Å². The Bertz CT molecular complexity index is 760. The second-order valence-electron chi connectivity index (χ2n) is 5.12. The molecule has 1 amide bonds. The number of nitro groups is 1. The molecule has 0 spiro atoms. The summed E-state index contributed by atoms with van der Waals surface area (Å²) in [5.41, 5.74) is 0.330. The molecule has 23 heavy (non-hydrogen) atoms. The molecular formula is C15H12ClN3O4. The molecule has 3 rings (SSSR count). The van der Waals surface area contributed by atoms with E-state index in [0.29, 0.717) is 11.4 Å². The predicted molar refractivity (Wildman–Crippen MR) is 83.8 cm³/mol. The molecule has 1 aliphatic rings. The first-order valence-corrected chi connectivity index (χ1v) is 7.29.